The molecule has 2 aromatic carbocycles. The Bertz CT molecular complexity index is 799. The first-order valence-corrected chi connectivity index (χ1v) is 10.6. The maximum atomic E-state index is 9.88. The number of thiophene rings is 1. The molecule has 0 fully saturated rings. The van der Waals surface area contributed by atoms with Crippen molar-refractivity contribution in [2.45, 2.75) is 18.9 Å². The van der Waals surface area contributed by atoms with Crippen molar-refractivity contribution in [1.29, 1.82) is 0 Å². The number of hydrogen-bond donors (Lipinski definition) is 1. The van der Waals surface area contributed by atoms with Gasteiger partial charge < -0.3 is 9.84 Å². The van der Waals surface area contributed by atoms with Crippen LogP contribution in [0, 0.1) is 0 Å². The Kier molecular flexibility index (Phi) is 6.33. The largest absolute Gasteiger partial charge is 0.491 e. The molecule has 0 bridgehead atoms. The van der Waals surface area contributed by atoms with Crippen LogP contribution in [0.1, 0.15) is 12.8 Å². The standard InChI is InChI=1S/C19H18Br2O2S/c20-9-1-2-15(22)11-23-16-7-8-17-18(12-24-19(17)10-16)13-3-5-14(21)6-4-13/h3-8,10,12,15,22H,1-2,9,11H2. The highest BCUT2D eigenvalue weighted by atomic mass is 79.9. The lowest BCUT2D eigenvalue weighted by Crippen LogP contribution is -2.17. The average Bonchev–Trinajstić information content (AvgIpc) is 3.02. The zero-order chi connectivity index (χ0) is 16.9. The fourth-order valence-corrected chi connectivity index (χ4v) is 4.12. The lowest BCUT2D eigenvalue weighted by molar-refractivity contribution is 0.0997. The predicted molar refractivity (Wildman–Crippen MR) is 109 cm³/mol. The summed E-state index contributed by atoms with van der Waals surface area (Å²) in [5.41, 5.74) is 2.45. The van der Waals surface area contributed by atoms with E-state index < -0.39 is 6.10 Å². The molecule has 0 saturated carbocycles. The van der Waals surface area contributed by atoms with Crippen molar-refractivity contribution in [2.75, 3.05) is 11.9 Å². The van der Waals surface area contributed by atoms with Crippen LogP contribution in [0.5, 0.6) is 5.75 Å². The second-order valence-corrected chi connectivity index (χ2v) is 8.23. The van der Waals surface area contributed by atoms with E-state index in [1.807, 2.05) is 6.07 Å². The summed E-state index contributed by atoms with van der Waals surface area (Å²) in [6.07, 6.45) is 1.28. The molecule has 5 heteroatoms. The molecular formula is C19H18Br2O2S. The molecular weight excluding hydrogens is 452 g/mol. The van der Waals surface area contributed by atoms with E-state index in [2.05, 4.69) is 73.6 Å². The normalized spacial score (nSPS) is 12.5. The Morgan fingerprint density at radius 1 is 1.12 bits per heavy atom. The quantitative estimate of drug-likeness (QED) is 0.414. The number of alkyl halides is 1. The third kappa shape index (κ3) is 4.39. The molecule has 0 aliphatic carbocycles. The van der Waals surface area contributed by atoms with Crippen LogP contribution in [0.2, 0.25) is 0 Å². The molecule has 3 rings (SSSR count). The molecule has 0 radical (unpaired) electrons. The Labute approximate surface area is 162 Å². The Morgan fingerprint density at radius 3 is 2.67 bits per heavy atom. The predicted octanol–water partition coefficient (Wildman–Crippen LogP) is 6.25. The molecule has 0 saturated heterocycles. The van der Waals surface area contributed by atoms with E-state index in [-0.39, 0.29) is 0 Å². The van der Waals surface area contributed by atoms with Crippen LogP contribution in [-0.4, -0.2) is 23.1 Å². The highest BCUT2D eigenvalue weighted by molar-refractivity contribution is 9.10. The van der Waals surface area contributed by atoms with Crippen molar-refractivity contribution in [3.05, 3.63) is 52.3 Å². The minimum absolute atomic E-state index is 0.337. The van der Waals surface area contributed by atoms with E-state index in [4.69, 9.17) is 4.74 Å². The number of fused-ring (bicyclic) bond motifs is 1. The van der Waals surface area contributed by atoms with Crippen LogP contribution >= 0.6 is 43.2 Å². The second-order valence-electron chi connectivity index (χ2n) is 5.61. The maximum Gasteiger partial charge on any atom is 0.120 e. The molecule has 24 heavy (non-hydrogen) atoms. The summed E-state index contributed by atoms with van der Waals surface area (Å²) >= 11 is 8.56. The van der Waals surface area contributed by atoms with Crippen molar-refractivity contribution < 1.29 is 9.84 Å². The van der Waals surface area contributed by atoms with Gasteiger partial charge in [0.15, 0.2) is 0 Å². The molecule has 126 valence electrons. The van der Waals surface area contributed by atoms with Crippen molar-refractivity contribution in [1.82, 2.24) is 0 Å². The Hall–Kier alpha value is -0.880. The number of ether oxygens (including phenoxy) is 1. The molecule has 0 aliphatic heterocycles. The van der Waals surface area contributed by atoms with Crippen LogP contribution in [0.4, 0.5) is 0 Å². The minimum Gasteiger partial charge on any atom is -0.491 e. The van der Waals surface area contributed by atoms with Gasteiger partial charge in [-0.2, -0.15) is 0 Å². The Morgan fingerprint density at radius 2 is 1.92 bits per heavy atom. The summed E-state index contributed by atoms with van der Waals surface area (Å²) in [4.78, 5) is 0. The molecule has 0 aliphatic rings. The average molecular weight is 470 g/mol. The fraction of sp³-hybridized carbons (Fsp3) is 0.263. The van der Waals surface area contributed by atoms with Crippen LogP contribution < -0.4 is 4.74 Å². The zero-order valence-electron chi connectivity index (χ0n) is 13.0. The summed E-state index contributed by atoms with van der Waals surface area (Å²) in [5.74, 6) is 0.810. The number of halogens is 2. The SMILES string of the molecule is OC(CCCBr)COc1ccc2c(-c3ccc(Br)cc3)csc2c1. The minimum atomic E-state index is -0.417. The molecule has 3 aromatic rings. The van der Waals surface area contributed by atoms with E-state index >= 15 is 0 Å². The number of aliphatic hydroxyl groups is 1. The van der Waals surface area contributed by atoms with Crippen molar-refractivity contribution in [3.63, 3.8) is 0 Å². The van der Waals surface area contributed by atoms with Gasteiger partial charge in [-0.3, -0.25) is 0 Å². The van der Waals surface area contributed by atoms with Gasteiger partial charge in [-0.25, -0.2) is 0 Å². The molecule has 1 aromatic heterocycles. The maximum absolute atomic E-state index is 9.88. The van der Waals surface area contributed by atoms with Crippen LogP contribution in [0.15, 0.2) is 52.3 Å². The van der Waals surface area contributed by atoms with Gasteiger partial charge in [0.1, 0.15) is 12.4 Å². The van der Waals surface area contributed by atoms with Gasteiger partial charge >= 0.3 is 0 Å². The Balaban J connectivity index is 1.74. The van der Waals surface area contributed by atoms with Crippen molar-refractivity contribution >= 4 is 53.3 Å². The van der Waals surface area contributed by atoms with Crippen LogP contribution in [-0.2, 0) is 0 Å². The van der Waals surface area contributed by atoms with Gasteiger partial charge in [0.25, 0.3) is 0 Å². The first-order valence-electron chi connectivity index (χ1n) is 7.81. The van der Waals surface area contributed by atoms with Crippen molar-refractivity contribution in [2.24, 2.45) is 0 Å². The van der Waals surface area contributed by atoms with Crippen LogP contribution in [0.25, 0.3) is 21.2 Å². The molecule has 0 spiro atoms. The van der Waals surface area contributed by atoms with Crippen LogP contribution in [0.3, 0.4) is 0 Å². The monoisotopic (exact) mass is 468 g/mol. The highest BCUT2D eigenvalue weighted by Crippen LogP contribution is 2.36. The van der Waals surface area contributed by atoms with E-state index in [0.29, 0.717) is 6.61 Å². The van der Waals surface area contributed by atoms with E-state index in [1.54, 1.807) is 11.3 Å². The first-order chi connectivity index (χ1) is 11.7. The number of benzene rings is 2. The molecule has 1 unspecified atom stereocenters. The van der Waals surface area contributed by atoms with Gasteiger partial charge in [-0.05, 0) is 54.1 Å². The summed E-state index contributed by atoms with van der Waals surface area (Å²) in [6, 6.07) is 14.5. The summed E-state index contributed by atoms with van der Waals surface area (Å²) in [7, 11) is 0. The molecule has 2 nitrogen and oxygen atoms in total. The van der Waals surface area contributed by atoms with Gasteiger partial charge in [-0.1, -0.05) is 44.0 Å². The number of hydrogen-bond acceptors (Lipinski definition) is 3. The lowest BCUT2D eigenvalue weighted by atomic mass is 10.1. The van der Waals surface area contributed by atoms with E-state index in [1.165, 1.54) is 21.2 Å². The summed E-state index contributed by atoms with van der Waals surface area (Å²) in [5, 5.41) is 14.2. The van der Waals surface area contributed by atoms with Gasteiger partial charge in [0.05, 0.1) is 6.10 Å². The van der Waals surface area contributed by atoms with Crippen molar-refractivity contribution in [3.8, 4) is 16.9 Å². The highest BCUT2D eigenvalue weighted by Gasteiger charge is 2.09. The van der Waals surface area contributed by atoms with E-state index in [9.17, 15) is 5.11 Å². The number of rotatable bonds is 7. The van der Waals surface area contributed by atoms with E-state index in [0.717, 1.165) is 28.4 Å². The molecule has 1 N–H and O–H groups in total. The van der Waals surface area contributed by atoms with Gasteiger partial charge in [-0.15, -0.1) is 11.3 Å². The summed E-state index contributed by atoms with van der Waals surface area (Å²) in [6.45, 7) is 0.337. The zero-order valence-corrected chi connectivity index (χ0v) is 17.0. The third-order valence-corrected chi connectivity index (χ3v) is 5.85. The first kappa shape index (κ1) is 17.9. The summed E-state index contributed by atoms with van der Waals surface area (Å²) < 4.78 is 8.02. The van der Waals surface area contributed by atoms with Gasteiger partial charge in [0.2, 0.25) is 0 Å². The molecule has 1 atom stereocenters. The number of aliphatic hydroxyl groups excluding tert-OH is 1. The smallest absolute Gasteiger partial charge is 0.120 e. The second kappa shape index (κ2) is 8.48. The van der Waals surface area contributed by atoms with Gasteiger partial charge in [0, 0.05) is 25.5 Å². The molecule has 1 heterocycles. The topological polar surface area (TPSA) is 29.5 Å². The lowest BCUT2D eigenvalue weighted by Gasteiger charge is -2.11. The third-order valence-electron chi connectivity index (χ3n) is 3.82. The fourth-order valence-electron chi connectivity index (χ4n) is 2.54. The molecule has 0 amide bonds.